The second kappa shape index (κ2) is 6.97. The minimum atomic E-state index is 0.358. The zero-order valence-electron chi connectivity index (χ0n) is 14.1. The summed E-state index contributed by atoms with van der Waals surface area (Å²) in [6.07, 6.45) is 11.4. The van der Waals surface area contributed by atoms with Gasteiger partial charge in [0.2, 0.25) is 0 Å². The average Bonchev–Trinajstić information content (AvgIpc) is 3.34. The molecule has 2 atom stereocenters. The number of ether oxygens (including phenoxy) is 1. The standard InChI is InChI=1S/C18H34N2O/c1-3-16-13-19-18(2,15-9-10-15)14-20(16)11-12-21-17-7-5-4-6-8-17/h15-17,19H,3-14H2,1-2H3. The highest BCUT2D eigenvalue weighted by atomic mass is 16.5. The topological polar surface area (TPSA) is 24.5 Å². The van der Waals surface area contributed by atoms with Crippen molar-refractivity contribution in [2.24, 2.45) is 5.92 Å². The van der Waals surface area contributed by atoms with Gasteiger partial charge in [-0.2, -0.15) is 0 Å². The largest absolute Gasteiger partial charge is 0.377 e. The van der Waals surface area contributed by atoms with E-state index >= 15 is 0 Å². The molecule has 0 bridgehead atoms. The van der Waals surface area contributed by atoms with Crippen molar-refractivity contribution in [3.8, 4) is 0 Å². The number of rotatable bonds is 6. The molecule has 3 fully saturated rings. The molecule has 0 amide bonds. The summed E-state index contributed by atoms with van der Waals surface area (Å²) in [5.41, 5.74) is 0.358. The molecular formula is C18H34N2O. The monoisotopic (exact) mass is 294 g/mol. The highest BCUT2D eigenvalue weighted by Gasteiger charge is 2.45. The van der Waals surface area contributed by atoms with Crippen LogP contribution in [-0.2, 0) is 4.74 Å². The Hall–Kier alpha value is -0.120. The van der Waals surface area contributed by atoms with Gasteiger partial charge in [0.1, 0.15) is 0 Å². The molecule has 0 aromatic heterocycles. The Bertz CT molecular complexity index is 325. The van der Waals surface area contributed by atoms with Crippen molar-refractivity contribution in [1.82, 2.24) is 10.2 Å². The van der Waals surface area contributed by atoms with Gasteiger partial charge >= 0.3 is 0 Å². The molecule has 2 aliphatic carbocycles. The molecule has 3 rings (SSSR count). The van der Waals surface area contributed by atoms with Crippen LogP contribution >= 0.6 is 0 Å². The van der Waals surface area contributed by atoms with Gasteiger partial charge in [0.25, 0.3) is 0 Å². The molecule has 0 aromatic rings. The van der Waals surface area contributed by atoms with E-state index < -0.39 is 0 Å². The van der Waals surface area contributed by atoms with Crippen LogP contribution in [0.5, 0.6) is 0 Å². The maximum absolute atomic E-state index is 6.16. The van der Waals surface area contributed by atoms with Crippen molar-refractivity contribution >= 4 is 0 Å². The van der Waals surface area contributed by atoms with Crippen LogP contribution in [0, 0.1) is 5.92 Å². The smallest absolute Gasteiger partial charge is 0.0597 e. The average molecular weight is 294 g/mol. The lowest BCUT2D eigenvalue weighted by Gasteiger charge is -2.46. The Morgan fingerprint density at radius 3 is 2.57 bits per heavy atom. The van der Waals surface area contributed by atoms with Crippen LogP contribution in [0.3, 0.4) is 0 Å². The van der Waals surface area contributed by atoms with Gasteiger partial charge in [0.05, 0.1) is 12.7 Å². The predicted molar refractivity (Wildman–Crippen MR) is 87.6 cm³/mol. The summed E-state index contributed by atoms with van der Waals surface area (Å²) in [5, 5.41) is 3.85. The first-order valence-corrected chi connectivity index (χ1v) is 9.32. The summed E-state index contributed by atoms with van der Waals surface area (Å²) >= 11 is 0. The van der Waals surface area contributed by atoms with Gasteiger partial charge in [-0.3, -0.25) is 4.90 Å². The Morgan fingerprint density at radius 1 is 1.14 bits per heavy atom. The molecule has 1 N–H and O–H groups in total. The van der Waals surface area contributed by atoms with Crippen LogP contribution in [0.15, 0.2) is 0 Å². The predicted octanol–water partition coefficient (Wildman–Crippen LogP) is 3.19. The quantitative estimate of drug-likeness (QED) is 0.814. The van der Waals surface area contributed by atoms with Crippen molar-refractivity contribution in [3.05, 3.63) is 0 Å². The molecular weight excluding hydrogens is 260 g/mol. The van der Waals surface area contributed by atoms with Gasteiger partial charge in [-0.25, -0.2) is 0 Å². The van der Waals surface area contributed by atoms with E-state index in [1.54, 1.807) is 0 Å². The summed E-state index contributed by atoms with van der Waals surface area (Å²) in [4.78, 5) is 2.71. The lowest BCUT2D eigenvalue weighted by atomic mass is 9.90. The zero-order valence-corrected chi connectivity index (χ0v) is 14.1. The molecule has 2 saturated carbocycles. The first-order valence-electron chi connectivity index (χ1n) is 9.32. The van der Waals surface area contributed by atoms with E-state index in [4.69, 9.17) is 4.74 Å². The molecule has 122 valence electrons. The van der Waals surface area contributed by atoms with Gasteiger partial charge in [0.15, 0.2) is 0 Å². The van der Waals surface area contributed by atoms with E-state index in [1.807, 2.05) is 0 Å². The molecule has 0 spiro atoms. The fourth-order valence-electron chi connectivity index (χ4n) is 4.31. The number of hydrogen-bond donors (Lipinski definition) is 1. The first kappa shape index (κ1) is 15.8. The van der Waals surface area contributed by atoms with Gasteiger partial charge in [0, 0.05) is 31.2 Å². The minimum Gasteiger partial charge on any atom is -0.377 e. The van der Waals surface area contributed by atoms with Gasteiger partial charge in [-0.05, 0) is 44.9 Å². The number of nitrogens with zero attached hydrogens (tertiary/aromatic N) is 1. The minimum absolute atomic E-state index is 0.358. The van der Waals surface area contributed by atoms with Crippen molar-refractivity contribution in [2.45, 2.75) is 82.9 Å². The molecule has 3 nitrogen and oxygen atoms in total. The molecule has 1 aliphatic heterocycles. The van der Waals surface area contributed by atoms with E-state index in [9.17, 15) is 0 Å². The van der Waals surface area contributed by atoms with E-state index in [-0.39, 0.29) is 0 Å². The van der Waals surface area contributed by atoms with Crippen molar-refractivity contribution in [3.63, 3.8) is 0 Å². The van der Waals surface area contributed by atoms with Crippen LogP contribution in [0.2, 0.25) is 0 Å². The van der Waals surface area contributed by atoms with E-state index in [0.717, 1.165) is 25.6 Å². The fraction of sp³-hybridized carbons (Fsp3) is 1.00. The lowest BCUT2D eigenvalue weighted by Crippen LogP contribution is -2.64. The normalized spacial score (nSPS) is 36.0. The third kappa shape index (κ3) is 4.00. The van der Waals surface area contributed by atoms with Crippen LogP contribution in [0.25, 0.3) is 0 Å². The summed E-state index contributed by atoms with van der Waals surface area (Å²) < 4.78 is 6.16. The van der Waals surface area contributed by atoms with E-state index in [0.29, 0.717) is 17.7 Å². The first-order chi connectivity index (χ1) is 10.2. The van der Waals surface area contributed by atoms with E-state index in [1.165, 1.54) is 57.9 Å². The SMILES string of the molecule is CCC1CNC(C)(C2CC2)CN1CCOC1CCCCC1. The second-order valence-electron chi connectivity index (χ2n) is 7.74. The number of nitrogens with one attached hydrogen (secondary N) is 1. The van der Waals surface area contributed by atoms with Gasteiger partial charge in [-0.1, -0.05) is 26.2 Å². The highest BCUT2D eigenvalue weighted by Crippen LogP contribution is 2.41. The zero-order chi connectivity index (χ0) is 14.7. The van der Waals surface area contributed by atoms with Crippen LogP contribution < -0.4 is 5.32 Å². The van der Waals surface area contributed by atoms with Crippen molar-refractivity contribution < 1.29 is 4.74 Å². The maximum atomic E-state index is 6.16. The van der Waals surface area contributed by atoms with Crippen LogP contribution in [-0.4, -0.2) is 48.8 Å². The van der Waals surface area contributed by atoms with Crippen molar-refractivity contribution in [2.75, 3.05) is 26.2 Å². The fourth-order valence-corrected chi connectivity index (χ4v) is 4.31. The molecule has 1 saturated heterocycles. The van der Waals surface area contributed by atoms with Crippen molar-refractivity contribution in [1.29, 1.82) is 0 Å². The lowest BCUT2D eigenvalue weighted by molar-refractivity contribution is -0.00569. The molecule has 2 unspecified atom stereocenters. The summed E-state index contributed by atoms with van der Waals surface area (Å²) in [6, 6.07) is 0.701. The number of piperazine rings is 1. The Morgan fingerprint density at radius 2 is 1.90 bits per heavy atom. The highest BCUT2D eigenvalue weighted by molar-refractivity contribution is 5.03. The molecule has 0 aromatic carbocycles. The number of hydrogen-bond acceptors (Lipinski definition) is 3. The maximum Gasteiger partial charge on any atom is 0.0597 e. The molecule has 1 heterocycles. The Kier molecular flexibility index (Phi) is 5.23. The van der Waals surface area contributed by atoms with Crippen LogP contribution in [0.1, 0.15) is 65.2 Å². The third-order valence-electron chi connectivity index (χ3n) is 6.02. The summed E-state index contributed by atoms with van der Waals surface area (Å²) in [6.45, 7) is 9.19. The summed E-state index contributed by atoms with van der Waals surface area (Å²) in [7, 11) is 0. The van der Waals surface area contributed by atoms with Gasteiger partial charge in [-0.15, -0.1) is 0 Å². The molecule has 21 heavy (non-hydrogen) atoms. The second-order valence-corrected chi connectivity index (χ2v) is 7.74. The molecule has 3 aliphatic rings. The Balaban J connectivity index is 1.46. The van der Waals surface area contributed by atoms with Crippen LogP contribution in [0.4, 0.5) is 0 Å². The van der Waals surface area contributed by atoms with Gasteiger partial charge < -0.3 is 10.1 Å². The Labute approximate surface area is 130 Å². The molecule has 3 heteroatoms. The third-order valence-corrected chi connectivity index (χ3v) is 6.02. The summed E-state index contributed by atoms with van der Waals surface area (Å²) in [5.74, 6) is 0.914. The molecule has 0 radical (unpaired) electrons. The van der Waals surface area contributed by atoms with E-state index in [2.05, 4.69) is 24.1 Å².